The molecule has 3 aliphatic heterocycles. The van der Waals surface area contributed by atoms with E-state index < -0.39 is 17.8 Å². The van der Waals surface area contributed by atoms with E-state index in [1.165, 1.54) is 23.5 Å². The number of aromatic nitrogens is 1. The van der Waals surface area contributed by atoms with Gasteiger partial charge in [-0.25, -0.2) is 4.39 Å². The van der Waals surface area contributed by atoms with Crippen molar-refractivity contribution in [3.05, 3.63) is 58.7 Å². The van der Waals surface area contributed by atoms with E-state index in [-0.39, 0.29) is 12.2 Å². The van der Waals surface area contributed by atoms with E-state index in [4.69, 9.17) is 14.5 Å². The second-order valence-electron chi connectivity index (χ2n) is 10.4. The number of fused-ring (bicyclic) bond motifs is 1. The van der Waals surface area contributed by atoms with Gasteiger partial charge in [0.2, 0.25) is 0 Å². The van der Waals surface area contributed by atoms with Gasteiger partial charge in [-0.1, -0.05) is 6.07 Å². The van der Waals surface area contributed by atoms with Crippen molar-refractivity contribution in [2.75, 3.05) is 38.2 Å². The number of carboxylic acids is 1. The third-order valence-electron chi connectivity index (χ3n) is 7.76. The topological polar surface area (TPSA) is 83.9 Å². The van der Waals surface area contributed by atoms with E-state index in [2.05, 4.69) is 17.4 Å². The molecule has 0 saturated carbocycles. The van der Waals surface area contributed by atoms with Crippen LogP contribution in [0.15, 0.2) is 30.3 Å². The number of nitrogens with zero attached hydrogens (tertiary/aromatic N) is 2. The lowest BCUT2D eigenvalue weighted by Crippen LogP contribution is -2.34. The maximum atomic E-state index is 14.3. The number of anilines is 1. The number of halogens is 1. The Balaban J connectivity index is 1.13. The number of likely N-dealkylation sites (tertiary alicyclic amines) is 1. The van der Waals surface area contributed by atoms with Crippen LogP contribution >= 0.6 is 0 Å². The van der Waals surface area contributed by atoms with Crippen molar-refractivity contribution in [1.82, 2.24) is 9.88 Å². The molecule has 7 nitrogen and oxygen atoms in total. The molecule has 200 valence electrons. The summed E-state index contributed by atoms with van der Waals surface area (Å²) in [6, 6.07) is 7.83. The predicted molar refractivity (Wildman–Crippen MR) is 139 cm³/mol. The van der Waals surface area contributed by atoms with Gasteiger partial charge >= 0.3 is 5.97 Å². The van der Waals surface area contributed by atoms with Crippen molar-refractivity contribution in [3.63, 3.8) is 0 Å². The summed E-state index contributed by atoms with van der Waals surface area (Å²) >= 11 is 0. The lowest BCUT2D eigenvalue weighted by Gasteiger charge is -2.30. The van der Waals surface area contributed by atoms with Crippen LogP contribution in [0.5, 0.6) is 0 Å². The highest BCUT2D eigenvalue weighted by Gasteiger charge is 2.36. The number of ether oxygens (including phenoxy) is 2. The number of aliphatic carboxylic acids is 1. The maximum absolute atomic E-state index is 14.3. The van der Waals surface area contributed by atoms with Crippen LogP contribution in [0.2, 0.25) is 0 Å². The van der Waals surface area contributed by atoms with E-state index in [0.717, 1.165) is 75.6 Å². The van der Waals surface area contributed by atoms with Crippen molar-refractivity contribution < 1.29 is 23.8 Å². The zero-order chi connectivity index (χ0) is 25.6. The highest BCUT2D eigenvalue weighted by molar-refractivity contribution is 5.76. The van der Waals surface area contributed by atoms with Crippen LogP contribution in [0.25, 0.3) is 0 Å². The summed E-state index contributed by atoms with van der Waals surface area (Å²) in [7, 11) is 0. The smallest absolute Gasteiger partial charge is 0.325 e. The number of nitrogens with one attached hydrogen (secondary N) is 1. The summed E-state index contributed by atoms with van der Waals surface area (Å²) in [6.07, 6.45) is 8.47. The number of benzene rings is 1. The van der Waals surface area contributed by atoms with Gasteiger partial charge in [0.1, 0.15) is 11.9 Å². The molecule has 0 amide bonds. The van der Waals surface area contributed by atoms with Gasteiger partial charge in [-0.05, 0) is 93.2 Å². The molecule has 0 spiro atoms. The minimum atomic E-state index is -0.962. The molecule has 5 rings (SSSR count). The van der Waals surface area contributed by atoms with Gasteiger partial charge in [0, 0.05) is 38.5 Å². The van der Waals surface area contributed by atoms with Gasteiger partial charge in [-0.2, -0.15) is 0 Å². The van der Waals surface area contributed by atoms with Crippen LogP contribution in [0.3, 0.4) is 0 Å². The quantitative estimate of drug-likeness (QED) is 0.432. The van der Waals surface area contributed by atoms with Crippen molar-refractivity contribution in [2.45, 2.75) is 76.0 Å². The van der Waals surface area contributed by atoms with Gasteiger partial charge < -0.3 is 19.9 Å². The Morgan fingerprint density at radius 2 is 2.14 bits per heavy atom. The molecule has 2 saturated heterocycles. The molecule has 2 aromatic rings. The minimum absolute atomic E-state index is 0.0160. The van der Waals surface area contributed by atoms with E-state index in [0.29, 0.717) is 31.9 Å². The Morgan fingerprint density at radius 3 is 2.97 bits per heavy atom. The van der Waals surface area contributed by atoms with Gasteiger partial charge in [-0.15, -0.1) is 0 Å². The maximum Gasteiger partial charge on any atom is 0.325 e. The van der Waals surface area contributed by atoms with Gasteiger partial charge in [0.15, 0.2) is 0 Å². The van der Waals surface area contributed by atoms with Crippen molar-refractivity contribution >= 4 is 11.7 Å². The first kappa shape index (κ1) is 26.1. The second kappa shape index (κ2) is 12.3. The molecule has 4 heterocycles. The number of aryl methyl sites for hydroxylation is 2. The standard InChI is InChI=1S/C29H38FN3O4/c30-20-9-11-23(27-8-2-4-17-37-27)24(18-20)28(29(34)35)33-15-13-22(19-33)36-16-3-1-6-21-10-12-25-26(32-21)7-5-14-31-25/h9-12,18,22,27-28,31H,1-8,13-17,19H2,(H,34,35)/t22-,27+,28?/m1/s1. The van der Waals surface area contributed by atoms with Crippen LogP contribution in [-0.4, -0.2) is 59.9 Å². The molecule has 1 aromatic heterocycles. The Kier molecular flexibility index (Phi) is 8.69. The number of pyridine rings is 1. The fourth-order valence-electron chi connectivity index (χ4n) is 5.85. The Hall–Kier alpha value is -2.55. The molecule has 0 aliphatic carbocycles. The number of carboxylic acid groups (broad SMARTS) is 1. The first-order valence-corrected chi connectivity index (χ1v) is 13.8. The molecule has 0 bridgehead atoms. The molecule has 2 N–H and O–H groups in total. The lowest BCUT2D eigenvalue weighted by molar-refractivity contribution is -0.143. The summed E-state index contributed by atoms with van der Waals surface area (Å²) < 4.78 is 26.3. The number of rotatable bonds is 10. The summed E-state index contributed by atoms with van der Waals surface area (Å²) in [6.45, 7) is 3.45. The van der Waals surface area contributed by atoms with Crippen molar-refractivity contribution in [3.8, 4) is 0 Å². The SMILES string of the molecule is O=C(O)C(c1cc(F)ccc1[C@@H]1CCCCO1)N1CC[C@@H](OCCCCc2ccc3c(n2)CCCN3)C1. The zero-order valence-electron chi connectivity index (χ0n) is 21.5. The molecule has 37 heavy (non-hydrogen) atoms. The molecular formula is C29H38FN3O4. The molecule has 3 atom stereocenters. The van der Waals surface area contributed by atoms with E-state index in [1.54, 1.807) is 6.07 Å². The Labute approximate surface area is 218 Å². The van der Waals surface area contributed by atoms with Gasteiger partial charge in [0.25, 0.3) is 0 Å². The number of unbranched alkanes of at least 4 members (excludes halogenated alkanes) is 1. The largest absolute Gasteiger partial charge is 0.480 e. The molecular weight excluding hydrogens is 473 g/mol. The highest BCUT2D eigenvalue weighted by atomic mass is 19.1. The molecule has 1 unspecified atom stereocenters. The molecule has 3 aliphatic rings. The van der Waals surface area contributed by atoms with Crippen molar-refractivity contribution in [2.24, 2.45) is 0 Å². The summed E-state index contributed by atoms with van der Waals surface area (Å²) in [5.41, 5.74) is 4.78. The highest BCUT2D eigenvalue weighted by Crippen LogP contribution is 2.36. The predicted octanol–water partition coefficient (Wildman–Crippen LogP) is 5.06. The fourth-order valence-corrected chi connectivity index (χ4v) is 5.85. The van der Waals surface area contributed by atoms with Gasteiger partial charge in [0.05, 0.1) is 23.6 Å². The van der Waals surface area contributed by atoms with E-state index in [9.17, 15) is 14.3 Å². The van der Waals surface area contributed by atoms with Gasteiger partial charge in [-0.3, -0.25) is 14.7 Å². The average molecular weight is 512 g/mol. The summed E-state index contributed by atoms with van der Waals surface area (Å²) in [5.74, 6) is -1.38. The van der Waals surface area contributed by atoms with Crippen LogP contribution in [0.4, 0.5) is 10.1 Å². The molecule has 0 radical (unpaired) electrons. The number of hydrogen-bond acceptors (Lipinski definition) is 6. The Morgan fingerprint density at radius 1 is 1.22 bits per heavy atom. The molecule has 1 aromatic carbocycles. The first-order valence-electron chi connectivity index (χ1n) is 13.8. The monoisotopic (exact) mass is 511 g/mol. The first-order chi connectivity index (χ1) is 18.1. The number of carbonyl (C=O) groups is 1. The fraction of sp³-hybridized carbons (Fsp3) is 0.586. The third kappa shape index (κ3) is 6.48. The van der Waals surface area contributed by atoms with E-state index in [1.807, 2.05) is 4.90 Å². The second-order valence-corrected chi connectivity index (χ2v) is 10.4. The summed E-state index contributed by atoms with van der Waals surface area (Å²) in [4.78, 5) is 19.1. The minimum Gasteiger partial charge on any atom is -0.480 e. The summed E-state index contributed by atoms with van der Waals surface area (Å²) in [5, 5.41) is 13.6. The zero-order valence-corrected chi connectivity index (χ0v) is 21.5. The van der Waals surface area contributed by atoms with Crippen LogP contribution in [0.1, 0.15) is 79.6 Å². The third-order valence-corrected chi connectivity index (χ3v) is 7.76. The van der Waals surface area contributed by atoms with Crippen LogP contribution in [-0.2, 0) is 27.1 Å². The van der Waals surface area contributed by atoms with Crippen LogP contribution < -0.4 is 5.32 Å². The number of hydrogen-bond donors (Lipinski definition) is 2. The lowest BCUT2D eigenvalue weighted by atomic mass is 9.92. The van der Waals surface area contributed by atoms with E-state index >= 15 is 0 Å². The normalized spacial score (nSPS) is 22.8. The average Bonchev–Trinajstić information content (AvgIpc) is 3.37. The Bertz CT molecular complexity index is 1080. The molecule has 8 heteroatoms. The molecule has 2 fully saturated rings. The van der Waals surface area contributed by atoms with Crippen LogP contribution in [0, 0.1) is 5.82 Å². The van der Waals surface area contributed by atoms with Crippen molar-refractivity contribution in [1.29, 1.82) is 0 Å².